The van der Waals surface area contributed by atoms with Crippen molar-refractivity contribution in [3.05, 3.63) is 47.1 Å². The molecule has 0 aliphatic carbocycles. The summed E-state index contributed by atoms with van der Waals surface area (Å²) in [4.78, 5) is 9.49. The third kappa shape index (κ3) is 5.28. The molecule has 0 fully saturated rings. The molecule has 0 spiro atoms. The van der Waals surface area contributed by atoms with Crippen LogP contribution in [0, 0.1) is 5.41 Å². The minimum atomic E-state index is 0.418. The monoisotopic (exact) mass is 469 g/mol. The van der Waals surface area contributed by atoms with Crippen LogP contribution in [-0.4, -0.2) is 44.1 Å². The standard InChI is InChI=1S/C24H28ClN5O3/c1-6-7-17(26)21-22(27-2)24(28-15-9-11-18(31-3)16(25)13-15)30-23(29-21)14-8-10-19(32-4)20(12-14)33-5/h8-13,26-27H,6-7H2,1-5H3,(H,28,29,30). The zero-order valence-electron chi connectivity index (χ0n) is 19.4. The Bertz CT molecular complexity index is 1150. The Morgan fingerprint density at radius 2 is 1.67 bits per heavy atom. The maximum Gasteiger partial charge on any atom is 0.162 e. The van der Waals surface area contributed by atoms with Crippen molar-refractivity contribution in [3.63, 3.8) is 0 Å². The number of nitrogens with zero attached hydrogens (tertiary/aromatic N) is 2. The number of aromatic nitrogens is 2. The summed E-state index contributed by atoms with van der Waals surface area (Å²) in [6.07, 6.45) is 1.42. The van der Waals surface area contributed by atoms with Gasteiger partial charge < -0.3 is 30.3 Å². The second-order valence-corrected chi connectivity index (χ2v) is 7.55. The fourth-order valence-electron chi connectivity index (χ4n) is 3.36. The first-order valence-corrected chi connectivity index (χ1v) is 10.8. The van der Waals surface area contributed by atoms with Gasteiger partial charge in [0.25, 0.3) is 0 Å². The molecule has 33 heavy (non-hydrogen) atoms. The van der Waals surface area contributed by atoms with Gasteiger partial charge in [-0.1, -0.05) is 24.9 Å². The Morgan fingerprint density at radius 1 is 0.970 bits per heavy atom. The molecule has 0 atom stereocenters. The number of hydrogen-bond donors (Lipinski definition) is 3. The lowest BCUT2D eigenvalue weighted by Gasteiger charge is -2.18. The average molecular weight is 470 g/mol. The second-order valence-electron chi connectivity index (χ2n) is 7.14. The summed E-state index contributed by atoms with van der Waals surface area (Å²) in [5, 5.41) is 15.5. The summed E-state index contributed by atoms with van der Waals surface area (Å²) >= 11 is 6.31. The van der Waals surface area contributed by atoms with Gasteiger partial charge in [0.2, 0.25) is 0 Å². The molecule has 1 heterocycles. The van der Waals surface area contributed by atoms with E-state index in [1.807, 2.05) is 25.1 Å². The molecule has 3 aromatic rings. The van der Waals surface area contributed by atoms with Crippen LogP contribution in [0.3, 0.4) is 0 Å². The molecule has 0 saturated heterocycles. The molecule has 3 N–H and O–H groups in total. The molecule has 0 aliphatic rings. The zero-order chi connectivity index (χ0) is 24.0. The number of nitrogens with one attached hydrogen (secondary N) is 3. The normalized spacial score (nSPS) is 10.5. The van der Waals surface area contributed by atoms with E-state index in [0.29, 0.717) is 57.4 Å². The minimum absolute atomic E-state index is 0.418. The van der Waals surface area contributed by atoms with Crippen molar-refractivity contribution in [1.82, 2.24) is 9.97 Å². The number of rotatable bonds is 10. The maximum atomic E-state index is 8.60. The van der Waals surface area contributed by atoms with E-state index in [-0.39, 0.29) is 0 Å². The summed E-state index contributed by atoms with van der Waals surface area (Å²) in [6.45, 7) is 2.03. The van der Waals surface area contributed by atoms with E-state index >= 15 is 0 Å². The van der Waals surface area contributed by atoms with Crippen LogP contribution >= 0.6 is 11.6 Å². The predicted molar refractivity (Wildman–Crippen MR) is 133 cm³/mol. The molecular weight excluding hydrogens is 442 g/mol. The van der Waals surface area contributed by atoms with Crippen molar-refractivity contribution in [3.8, 4) is 28.6 Å². The van der Waals surface area contributed by atoms with Crippen LogP contribution in [0.15, 0.2) is 36.4 Å². The lowest BCUT2D eigenvalue weighted by Crippen LogP contribution is -2.12. The molecule has 0 unspecified atom stereocenters. The van der Waals surface area contributed by atoms with Crippen LogP contribution in [0.5, 0.6) is 17.2 Å². The highest BCUT2D eigenvalue weighted by Crippen LogP contribution is 2.35. The van der Waals surface area contributed by atoms with Gasteiger partial charge in [0.05, 0.1) is 32.1 Å². The zero-order valence-corrected chi connectivity index (χ0v) is 20.1. The molecule has 0 bridgehead atoms. The molecule has 3 rings (SSSR count). The van der Waals surface area contributed by atoms with Gasteiger partial charge in [0, 0.05) is 18.3 Å². The first kappa shape index (κ1) is 24.1. The Kier molecular flexibility index (Phi) is 7.95. The Balaban J connectivity index is 2.16. The van der Waals surface area contributed by atoms with Crippen LogP contribution < -0.4 is 24.8 Å². The molecule has 0 aliphatic heterocycles. The van der Waals surface area contributed by atoms with Crippen molar-refractivity contribution in [2.75, 3.05) is 39.0 Å². The van der Waals surface area contributed by atoms with Crippen molar-refractivity contribution in [2.24, 2.45) is 0 Å². The molecule has 0 radical (unpaired) electrons. The van der Waals surface area contributed by atoms with Gasteiger partial charge in [0.1, 0.15) is 17.1 Å². The third-order valence-corrected chi connectivity index (χ3v) is 5.30. The van der Waals surface area contributed by atoms with Gasteiger partial charge in [-0.05, 0) is 42.8 Å². The van der Waals surface area contributed by atoms with Crippen LogP contribution in [0.1, 0.15) is 25.5 Å². The van der Waals surface area contributed by atoms with Crippen LogP contribution in [0.4, 0.5) is 17.2 Å². The molecule has 8 nitrogen and oxygen atoms in total. The number of hydrogen-bond acceptors (Lipinski definition) is 8. The van der Waals surface area contributed by atoms with E-state index in [2.05, 4.69) is 10.6 Å². The quantitative estimate of drug-likeness (QED) is 0.323. The summed E-state index contributed by atoms with van der Waals surface area (Å²) in [6, 6.07) is 10.9. The lowest BCUT2D eigenvalue weighted by molar-refractivity contribution is 0.355. The molecule has 0 amide bonds. The smallest absolute Gasteiger partial charge is 0.162 e. The minimum Gasteiger partial charge on any atom is -0.495 e. The highest BCUT2D eigenvalue weighted by atomic mass is 35.5. The van der Waals surface area contributed by atoms with Crippen molar-refractivity contribution < 1.29 is 14.2 Å². The second kappa shape index (κ2) is 10.9. The summed E-state index contributed by atoms with van der Waals surface area (Å²) in [5.41, 5.74) is 3.03. The van der Waals surface area contributed by atoms with E-state index in [9.17, 15) is 0 Å². The fraction of sp³-hybridized carbons (Fsp3) is 0.292. The largest absolute Gasteiger partial charge is 0.495 e. The van der Waals surface area contributed by atoms with Crippen LogP contribution in [0.2, 0.25) is 5.02 Å². The van der Waals surface area contributed by atoms with Crippen molar-refractivity contribution in [1.29, 1.82) is 5.41 Å². The first-order valence-electron chi connectivity index (χ1n) is 10.5. The molecule has 2 aromatic carbocycles. The summed E-state index contributed by atoms with van der Waals surface area (Å²) in [5.74, 6) is 2.73. The summed E-state index contributed by atoms with van der Waals surface area (Å²) in [7, 11) is 6.51. The van der Waals surface area contributed by atoms with E-state index in [1.54, 1.807) is 46.6 Å². The lowest BCUT2D eigenvalue weighted by atomic mass is 10.1. The van der Waals surface area contributed by atoms with Crippen LogP contribution in [0.25, 0.3) is 11.4 Å². The number of halogens is 1. The topological polar surface area (TPSA) is 101 Å². The van der Waals surface area contributed by atoms with Crippen LogP contribution in [-0.2, 0) is 0 Å². The van der Waals surface area contributed by atoms with Gasteiger partial charge >= 0.3 is 0 Å². The predicted octanol–water partition coefficient (Wildman–Crippen LogP) is 5.78. The van der Waals surface area contributed by atoms with E-state index in [4.69, 9.17) is 41.2 Å². The van der Waals surface area contributed by atoms with E-state index in [0.717, 1.165) is 17.7 Å². The molecule has 1 aromatic heterocycles. The summed E-state index contributed by atoms with van der Waals surface area (Å²) < 4.78 is 16.0. The number of benzene rings is 2. The van der Waals surface area contributed by atoms with Crippen molar-refractivity contribution in [2.45, 2.75) is 19.8 Å². The van der Waals surface area contributed by atoms with Gasteiger partial charge in [-0.2, -0.15) is 0 Å². The number of anilines is 3. The maximum absolute atomic E-state index is 8.60. The molecular formula is C24H28ClN5O3. The average Bonchev–Trinajstić information content (AvgIpc) is 2.83. The van der Waals surface area contributed by atoms with E-state index < -0.39 is 0 Å². The van der Waals surface area contributed by atoms with Gasteiger partial charge in [0.15, 0.2) is 23.1 Å². The Morgan fingerprint density at radius 3 is 2.27 bits per heavy atom. The van der Waals surface area contributed by atoms with Gasteiger partial charge in [-0.15, -0.1) is 0 Å². The third-order valence-electron chi connectivity index (χ3n) is 5.00. The van der Waals surface area contributed by atoms with E-state index in [1.165, 1.54) is 0 Å². The Labute approximate surface area is 198 Å². The van der Waals surface area contributed by atoms with Gasteiger partial charge in [-0.3, -0.25) is 0 Å². The fourth-order valence-corrected chi connectivity index (χ4v) is 3.62. The molecule has 0 saturated carbocycles. The highest BCUT2D eigenvalue weighted by Gasteiger charge is 2.19. The Hall–Kier alpha value is -3.52. The van der Waals surface area contributed by atoms with Crippen molar-refractivity contribution >= 4 is 34.5 Å². The van der Waals surface area contributed by atoms with Gasteiger partial charge in [-0.25, -0.2) is 9.97 Å². The molecule has 174 valence electrons. The number of ether oxygens (including phenoxy) is 3. The number of methoxy groups -OCH3 is 3. The first-order chi connectivity index (χ1) is 15.9. The SMILES string of the molecule is CCCC(=N)c1nc(-c2ccc(OC)c(OC)c2)nc(Nc2ccc(OC)c(Cl)c2)c1NC. The molecule has 9 heteroatoms. The highest BCUT2D eigenvalue weighted by molar-refractivity contribution is 6.32.